The zero-order valence-electron chi connectivity index (χ0n) is 10.7. The minimum absolute atomic E-state index is 0.152. The van der Waals surface area contributed by atoms with Crippen LogP contribution in [0.3, 0.4) is 0 Å². The van der Waals surface area contributed by atoms with Gasteiger partial charge < -0.3 is 15.0 Å². The molecule has 2 rings (SSSR count). The highest BCUT2D eigenvalue weighted by atomic mass is 16.3. The van der Waals surface area contributed by atoms with Crippen LogP contribution in [0, 0.1) is 0 Å². The van der Waals surface area contributed by atoms with Crippen molar-refractivity contribution in [3.63, 3.8) is 0 Å². The summed E-state index contributed by atoms with van der Waals surface area (Å²) < 4.78 is 2.00. The molecular weight excluding hydrogens is 228 g/mol. The van der Waals surface area contributed by atoms with E-state index in [0.717, 1.165) is 17.9 Å². The van der Waals surface area contributed by atoms with E-state index >= 15 is 0 Å². The number of aryl methyl sites for hydroxylation is 1. The predicted octanol–water partition coefficient (Wildman–Crippen LogP) is 1.85. The normalized spacial score (nSPS) is 12.6. The maximum atomic E-state index is 9.44. The highest BCUT2D eigenvalue weighted by molar-refractivity contribution is 5.29. The van der Waals surface area contributed by atoms with Gasteiger partial charge in [0.05, 0.1) is 6.54 Å². The molecule has 5 nitrogen and oxygen atoms in total. The van der Waals surface area contributed by atoms with Crippen molar-refractivity contribution in [1.29, 1.82) is 0 Å². The van der Waals surface area contributed by atoms with E-state index in [1.807, 2.05) is 16.7 Å². The van der Waals surface area contributed by atoms with E-state index in [0.29, 0.717) is 6.54 Å². The van der Waals surface area contributed by atoms with Crippen LogP contribution >= 0.6 is 0 Å². The van der Waals surface area contributed by atoms with Crippen LogP contribution in [0.5, 0.6) is 5.75 Å². The summed E-state index contributed by atoms with van der Waals surface area (Å²) >= 11 is 0. The number of rotatable bonds is 5. The number of phenols is 1. The van der Waals surface area contributed by atoms with Crippen LogP contribution in [0.1, 0.15) is 31.3 Å². The maximum absolute atomic E-state index is 9.44. The number of nitrogens with one attached hydrogen (secondary N) is 1. The van der Waals surface area contributed by atoms with Crippen molar-refractivity contribution < 1.29 is 5.11 Å². The zero-order chi connectivity index (χ0) is 13.0. The zero-order valence-corrected chi connectivity index (χ0v) is 10.7. The van der Waals surface area contributed by atoms with Crippen molar-refractivity contribution in [3.05, 3.63) is 42.0 Å². The van der Waals surface area contributed by atoms with Crippen molar-refractivity contribution in [2.75, 3.05) is 0 Å². The number of aromatic nitrogens is 3. The lowest BCUT2D eigenvalue weighted by Crippen LogP contribution is -2.20. The molecule has 5 heteroatoms. The van der Waals surface area contributed by atoms with Crippen LogP contribution in [0.2, 0.25) is 0 Å². The van der Waals surface area contributed by atoms with Crippen molar-refractivity contribution in [2.24, 2.45) is 0 Å². The first-order valence-corrected chi connectivity index (χ1v) is 6.09. The Morgan fingerprint density at radius 1 is 1.44 bits per heavy atom. The van der Waals surface area contributed by atoms with Gasteiger partial charge in [-0.05, 0) is 31.5 Å². The number of aromatic hydroxyl groups is 1. The highest BCUT2D eigenvalue weighted by Crippen LogP contribution is 2.17. The predicted molar refractivity (Wildman–Crippen MR) is 69.1 cm³/mol. The van der Waals surface area contributed by atoms with Crippen molar-refractivity contribution in [1.82, 2.24) is 20.1 Å². The SMILES string of the molecule is CCn1cnnc1CNC(C)c1cccc(O)c1. The smallest absolute Gasteiger partial charge is 0.146 e. The van der Waals surface area contributed by atoms with Crippen molar-refractivity contribution in [3.8, 4) is 5.75 Å². The third-order valence-electron chi connectivity index (χ3n) is 2.97. The number of hydrogen-bond acceptors (Lipinski definition) is 4. The molecule has 1 aromatic heterocycles. The molecule has 96 valence electrons. The first kappa shape index (κ1) is 12.6. The van der Waals surface area contributed by atoms with E-state index in [9.17, 15) is 5.11 Å². The Bertz CT molecular complexity index is 509. The maximum Gasteiger partial charge on any atom is 0.146 e. The first-order valence-electron chi connectivity index (χ1n) is 6.09. The Balaban J connectivity index is 1.98. The van der Waals surface area contributed by atoms with Gasteiger partial charge in [0.1, 0.15) is 17.9 Å². The molecule has 0 saturated heterocycles. The van der Waals surface area contributed by atoms with Gasteiger partial charge in [0.2, 0.25) is 0 Å². The van der Waals surface area contributed by atoms with Gasteiger partial charge >= 0.3 is 0 Å². The Kier molecular flexibility index (Phi) is 3.94. The molecule has 1 atom stereocenters. The van der Waals surface area contributed by atoms with Crippen molar-refractivity contribution >= 4 is 0 Å². The fraction of sp³-hybridized carbons (Fsp3) is 0.385. The molecule has 0 bridgehead atoms. The lowest BCUT2D eigenvalue weighted by Gasteiger charge is -2.14. The summed E-state index contributed by atoms with van der Waals surface area (Å²) in [6.07, 6.45) is 1.73. The number of nitrogens with zero attached hydrogens (tertiary/aromatic N) is 3. The van der Waals surface area contributed by atoms with Crippen LogP contribution in [0.15, 0.2) is 30.6 Å². The molecule has 0 amide bonds. The van der Waals surface area contributed by atoms with Crippen LogP contribution < -0.4 is 5.32 Å². The van der Waals surface area contributed by atoms with Gasteiger partial charge in [-0.1, -0.05) is 12.1 Å². The van der Waals surface area contributed by atoms with Gasteiger partial charge in [0.15, 0.2) is 0 Å². The molecule has 1 aromatic carbocycles. The third-order valence-corrected chi connectivity index (χ3v) is 2.97. The minimum atomic E-state index is 0.152. The molecule has 0 aliphatic rings. The fourth-order valence-corrected chi connectivity index (χ4v) is 1.84. The van der Waals surface area contributed by atoms with Gasteiger partial charge in [0.25, 0.3) is 0 Å². The fourth-order valence-electron chi connectivity index (χ4n) is 1.84. The molecule has 1 heterocycles. The number of hydrogen-bond donors (Lipinski definition) is 2. The average Bonchev–Trinajstić information content (AvgIpc) is 2.83. The lowest BCUT2D eigenvalue weighted by molar-refractivity contribution is 0.471. The summed E-state index contributed by atoms with van der Waals surface area (Å²) in [6.45, 7) is 5.64. The van der Waals surface area contributed by atoms with E-state index in [1.54, 1.807) is 18.5 Å². The molecule has 0 aliphatic heterocycles. The van der Waals surface area contributed by atoms with Gasteiger partial charge in [-0.3, -0.25) is 0 Å². The lowest BCUT2D eigenvalue weighted by atomic mass is 10.1. The summed E-state index contributed by atoms with van der Waals surface area (Å²) in [5, 5.41) is 20.8. The second-order valence-electron chi connectivity index (χ2n) is 4.23. The van der Waals surface area contributed by atoms with Gasteiger partial charge in [-0.2, -0.15) is 0 Å². The Labute approximate surface area is 106 Å². The van der Waals surface area contributed by atoms with Gasteiger partial charge in [-0.15, -0.1) is 10.2 Å². The van der Waals surface area contributed by atoms with E-state index in [4.69, 9.17) is 0 Å². The quantitative estimate of drug-likeness (QED) is 0.845. The second kappa shape index (κ2) is 5.64. The van der Waals surface area contributed by atoms with E-state index in [1.165, 1.54) is 0 Å². The molecule has 2 aromatic rings. The van der Waals surface area contributed by atoms with E-state index in [2.05, 4.69) is 29.4 Å². The topological polar surface area (TPSA) is 63.0 Å². The summed E-state index contributed by atoms with van der Waals surface area (Å²) in [5.41, 5.74) is 1.05. The molecule has 0 saturated carbocycles. The summed E-state index contributed by atoms with van der Waals surface area (Å²) in [7, 11) is 0. The minimum Gasteiger partial charge on any atom is -0.508 e. The average molecular weight is 246 g/mol. The standard InChI is InChI=1S/C13H18N4O/c1-3-17-9-15-16-13(17)8-14-10(2)11-5-4-6-12(18)7-11/h4-7,9-10,14,18H,3,8H2,1-2H3. The molecule has 0 fully saturated rings. The monoisotopic (exact) mass is 246 g/mol. The van der Waals surface area contributed by atoms with Crippen LogP contribution in [0.25, 0.3) is 0 Å². The van der Waals surface area contributed by atoms with E-state index in [-0.39, 0.29) is 11.8 Å². The first-order chi connectivity index (χ1) is 8.70. The summed E-state index contributed by atoms with van der Waals surface area (Å²) in [6, 6.07) is 7.42. The van der Waals surface area contributed by atoms with Gasteiger partial charge in [0, 0.05) is 12.6 Å². The Morgan fingerprint density at radius 3 is 3.00 bits per heavy atom. The molecular formula is C13H18N4O. The van der Waals surface area contributed by atoms with Crippen LogP contribution in [-0.2, 0) is 13.1 Å². The summed E-state index contributed by atoms with van der Waals surface area (Å²) in [5.74, 6) is 1.21. The molecule has 0 spiro atoms. The van der Waals surface area contributed by atoms with Crippen LogP contribution in [-0.4, -0.2) is 19.9 Å². The van der Waals surface area contributed by atoms with Crippen LogP contribution in [0.4, 0.5) is 0 Å². The number of benzene rings is 1. The largest absolute Gasteiger partial charge is 0.508 e. The molecule has 0 radical (unpaired) electrons. The molecule has 1 unspecified atom stereocenters. The Morgan fingerprint density at radius 2 is 2.28 bits per heavy atom. The second-order valence-corrected chi connectivity index (χ2v) is 4.23. The molecule has 2 N–H and O–H groups in total. The number of phenolic OH excluding ortho intramolecular Hbond substituents is 1. The highest BCUT2D eigenvalue weighted by Gasteiger charge is 2.08. The molecule has 18 heavy (non-hydrogen) atoms. The van der Waals surface area contributed by atoms with E-state index < -0.39 is 0 Å². The third kappa shape index (κ3) is 2.87. The van der Waals surface area contributed by atoms with Gasteiger partial charge in [-0.25, -0.2) is 0 Å². The Hall–Kier alpha value is -1.88. The summed E-state index contributed by atoms with van der Waals surface area (Å²) in [4.78, 5) is 0. The van der Waals surface area contributed by atoms with Crippen molar-refractivity contribution in [2.45, 2.75) is 33.0 Å². The molecule has 0 aliphatic carbocycles.